The predicted octanol–water partition coefficient (Wildman–Crippen LogP) is 1.18. The highest BCUT2D eigenvalue weighted by Crippen LogP contribution is 2.16. The number of hydrogen-bond donors (Lipinski definition) is 2. The zero-order chi connectivity index (χ0) is 15.5. The van der Waals surface area contributed by atoms with Crippen LogP contribution in [0.5, 0.6) is 0 Å². The first-order valence-electron chi connectivity index (χ1n) is 7.92. The van der Waals surface area contributed by atoms with E-state index in [0.29, 0.717) is 25.7 Å². The molecule has 0 saturated carbocycles. The second-order valence-corrected chi connectivity index (χ2v) is 5.65. The summed E-state index contributed by atoms with van der Waals surface area (Å²) in [6.45, 7) is 9.86. The number of rotatable bonds is 9. The fourth-order valence-corrected chi connectivity index (χ4v) is 2.28. The second-order valence-electron chi connectivity index (χ2n) is 5.65. The molecule has 0 aromatic heterocycles. The van der Waals surface area contributed by atoms with E-state index >= 15 is 0 Å². The number of aliphatic imine (C=N–C) groups is 1. The van der Waals surface area contributed by atoms with E-state index in [1.807, 2.05) is 6.92 Å². The minimum absolute atomic E-state index is 0. The number of ether oxygens (including phenoxy) is 2. The van der Waals surface area contributed by atoms with Gasteiger partial charge in [0.05, 0.1) is 19.8 Å². The van der Waals surface area contributed by atoms with Crippen LogP contribution in [0.2, 0.25) is 0 Å². The first kappa shape index (κ1) is 21.9. The molecule has 0 spiro atoms. The lowest BCUT2D eigenvalue weighted by molar-refractivity contribution is 0.0536. The highest BCUT2D eigenvalue weighted by atomic mass is 127. The fourth-order valence-electron chi connectivity index (χ4n) is 2.28. The third-order valence-electron chi connectivity index (χ3n) is 3.57. The molecule has 7 heteroatoms. The van der Waals surface area contributed by atoms with Crippen molar-refractivity contribution in [2.45, 2.75) is 20.3 Å². The molecule has 2 N–H and O–H groups in total. The Hall–Kier alpha value is -0.120. The van der Waals surface area contributed by atoms with Crippen LogP contribution in [0, 0.1) is 11.8 Å². The molecular weight excluding hydrogens is 397 g/mol. The van der Waals surface area contributed by atoms with Crippen LogP contribution < -0.4 is 5.32 Å². The quantitative estimate of drug-likeness (QED) is 0.250. The van der Waals surface area contributed by atoms with Crippen LogP contribution in [0.25, 0.3) is 0 Å². The van der Waals surface area contributed by atoms with Crippen LogP contribution in [0.4, 0.5) is 0 Å². The van der Waals surface area contributed by atoms with Crippen LogP contribution in [0.15, 0.2) is 4.99 Å². The van der Waals surface area contributed by atoms with Gasteiger partial charge in [0, 0.05) is 45.8 Å². The molecule has 2 unspecified atom stereocenters. The number of nitrogens with zero attached hydrogens (tertiary/aromatic N) is 2. The standard InChI is InChI=1S/C15H31N3O3.HI/c1-4-16-15(17-9-13(2)11-19)18-6-5-14(10-18)12-21-8-7-20-3;/h13-14,19H,4-12H2,1-3H3,(H,16,17);1H. The number of likely N-dealkylation sites (tertiary alicyclic amines) is 1. The van der Waals surface area contributed by atoms with Gasteiger partial charge in [-0.3, -0.25) is 4.99 Å². The molecule has 1 rings (SSSR count). The average molecular weight is 429 g/mol. The molecular formula is C15H32IN3O3. The summed E-state index contributed by atoms with van der Waals surface area (Å²) in [7, 11) is 1.69. The molecule has 0 amide bonds. The van der Waals surface area contributed by atoms with E-state index in [1.165, 1.54) is 0 Å². The summed E-state index contributed by atoms with van der Waals surface area (Å²) in [5.41, 5.74) is 0. The Morgan fingerprint density at radius 3 is 2.86 bits per heavy atom. The molecule has 132 valence electrons. The van der Waals surface area contributed by atoms with E-state index in [1.54, 1.807) is 7.11 Å². The van der Waals surface area contributed by atoms with Gasteiger partial charge >= 0.3 is 0 Å². The third-order valence-corrected chi connectivity index (χ3v) is 3.57. The van der Waals surface area contributed by atoms with Crippen LogP contribution in [-0.4, -0.2) is 75.7 Å². The number of hydrogen-bond acceptors (Lipinski definition) is 4. The Bertz CT molecular complexity index is 306. The molecule has 0 bridgehead atoms. The number of guanidine groups is 1. The summed E-state index contributed by atoms with van der Waals surface area (Å²) in [6.07, 6.45) is 1.13. The van der Waals surface area contributed by atoms with Gasteiger partial charge in [-0.05, 0) is 19.3 Å². The zero-order valence-electron chi connectivity index (χ0n) is 14.1. The summed E-state index contributed by atoms with van der Waals surface area (Å²) in [5.74, 6) is 1.72. The van der Waals surface area contributed by atoms with Crippen LogP contribution in [0.3, 0.4) is 0 Å². The maximum atomic E-state index is 9.10. The SMILES string of the molecule is CCNC(=NCC(C)CO)N1CCC(COCCOC)C1.I. The van der Waals surface area contributed by atoms with Gasteiger partial charge in [0.25, 0.3) is 0 Å². The first-order chi connectivity index (χ1) is 10.2. The normalized spacial score (nSPS) is 19.9. The topological polar surface area (TPSA) is 66.3 Å². The van der Waals surface area contributed by atoms with E-state index in [9.17, 15) is 0 Å². The Morgan fingerprint density at radius 2 is 2.23 bits per heavy atom. The van der Waals surface area contributed by atoms with Crippen molar-refractivity contribution < 1.29 is 14.6 Å². The van der Waals surface area contributed by atoms with Gasteiger partial charge in [0.2, 0.25) is 0 Å². The maximum Gasteiger partial charge on any atom is 0.193 e. The van der Waals surface area contributed by atoms with Crippen LogP contribution in [-0.2, 0) is 9.47 Å². The molecule has 0 radical (unpaired) electrons. The van der Waals surface area contributed by atoms with Gasteiger partial charge < -0.3 is 24.8 Å². The smallest absolute Gasteiger partial charge is 0.193 e. The maximum absolute atomic E-state index is 9.10. The molecule has 1 fully saturated rings. The predicted molar refractivity (Wildman–Crippen MR) is 100 cm³/mol. The van der Waals surface area contributed by atoms with Crippen molar-refractivity contribution >= 4 is 29.9 Å². The summed E-state index contributed by atoms with van der Waals surface area (Å²) >= 11 is 0. The number of halogens is 1. The molecule has 1 saturated heterocycles. The third kappa shape index (κ3) is 8.50. The van der Waals surface area contributed by atoms with Crippen molar-refractivity contribution in [2.24, 2.45) is 16.8 Å². The minimum Gasteiger partial charge on any atom is -0.396 e. The molecule has 0 aromatic carbocycles. The molecule has 0 aromatic rings. The van der Waals surface area contributed by atoms with Crippen LogP contribution in [0.1, 0.15) is 20.3 Å². The van der Waals surface area contributed by atoms with Crippen molar-refractivity contribution in [1.82, 2.24) is 10.2 Å². The van der Waals surface area contributed by atoms with Crippen molar-refractivity contribution in [3.8, 4) is 0 Å². The van der Waals surface area contributed by atoms with Crippen LogP contribution >= 0.6 is 24.0 Å². The summed E-state index contributed by atoms with van der Waals surface area (Å²) in [4.78, 5) is 6.91. The van der Waals surface area contributed by atoms with Gasteiger partial charge in [-0.2, -0.15) is 0 Å². The Labute approximate surface area is 151 Å². The van der Waals surface area contributed by atoms with E-state index in [-0.39, 0.29) is 36.5 Å². The van der Waals surface area contributed by atoms with Gasteiger partial charge in [0.15, 0.2) is 5.96 Å². The van der Waals surface area contributed by atoms with E-state index in [4.69, 9.17) is 14.6 Å². The first-order valence-corrected chi connectivity index (χ1v) is 7.92. The van der Waals surface area contributed by atoms with Gasteiger partial charge in [-0.25, -0.2) is 0 Å². The van der Waals surface area contributed by atoms with E-state index in [0.717, 1.165) is 38.6 Å². The average Bonchev–Trinajstić information content (AvgIpc) is 2.96. The molecule has 1 heterocycles. The minimum atomic E-state index is 0. The largest absolute Gasteiger partial charge is 0.396 e. The van der Waals surface area contributed by atoms with E-state index in [2.05, 4.69) is 22.1 Å². The van der Waals surface area contributed by atoms with Crippen molar-refractivity contribution in [3.05, 3.63) is 0 Å². The lowest BCUT2D eigenvalue weighted by atomic mass is 10.1. The fraction of sp³-hybridized carbons (Fsp3) is 0.933. The number of aliphatic hydroxyl groups excluding tert-OH is 1. The zero-order valence-corrected chi connectivity index (χ0v) is 16.4. The monoisotopic (exact) mass is 429 g/mol. The number of methoxy groups -OCH3 is 1. The van der Waals surface area contributed by atoms with Crippen molar-refractivity contribution in [2.75, 3.05) is 59.7 Å². The molecule has 1 aliphatic rings. The molecule has 0 aliphatic carbocycles. The van der Waals surface area contributed by atoms with Crippen molar-refractivity contribution in [1.29, 1.82) is 0 Å². The van der Waals surface area contributed by atoms with Crippen molar-refractivity contribution in [3.63, 3.8) is 0 Å². The molecule has 22 heavy (non-hydrogen) atoms. The highest BCUT2D eigenvalue weighted by molar-refractivity contribution is 14.0. The van der Waals surface area contributed by atoms with E-state index < -0.39 is 0 Å². The van der Waals surface area contributed by atoms with Gasteiger partial charge in [-0.1, -0.05) is 6.92 Å². The summed E-state index contributed by atoms with van der Waals surface area (Å²) < 4.78 is 10.6. The number of nitrogens with one attached hydrogen (secondary N) is 1. The molecule has 2 atom stereocenters. The lowest BCUT2D eigenvalue weighted by Gasteiger charge is -2.22. The molecule has 1 aliphatic heterocycles. The summed E-state index contributed by atoms with van der Waals surface area (Å²) in [6, 6.07) is 0. The number of aliphatic hydroxyl groups is 1. The van der Waals surface area contributed by atoms with Gasteiger partial charge in [-0.15, -0.1) is 24.0 Å². The Balaban J connectivity index is 0.00000441. The highest BCUT2D eigenvalue weighted by Gasteiger charge is 2.24. The molecule has 6 nitrogen and oxygen atoms in total. The Morgan fingerprint density at radius 1 is 1.45 bits per heavy atom. The second kappa shape index (κ2) is 13.3. The Kier molecular flexibility index (Phi) is 13.3. The summed E-state index contributed by atoms with van der Waals surface area (Å²) in [5, 5.41) is 12.4. The van der Waals surface area contributed by atoms with Gasteiger partial charge in [0.1, 0.15) is 0 Å². The lowest BCUT2D eigenvalue weighted by Crippen LogP contribution is -2.40.